The second kappa shape index (κ2) is 7.18. The Hall–Kier alpha value is -2.80. The number of fused-ring (bicyclic) bond motifs is 1. The largest absolute Gasteiger partial charge is 0.474 e. The molecule has 0 fully saturated rings. The van der Waals surface area contributed by atoms with Gasteiger partial charge in [-0.25, -0.2) is 14.4 Å². The van der Waals surface area contributed by atoms with Crippen molar-refractivity contribution in [3.05, 3.63) is 42.2 Å². The first-order chi connectivity index (χ1) is 11.7. The van der Waals surface area contributed by atoms with Crippen molar-refractivity contribution in [1.82, 2.24) is 15.0 Å². The minimum Gasteiger partial charge on any atom is -0.474 e. The van der Waals surface area contributed by atoms with Gasteiger partial charge in [0.2, 0.25) is 11.8 Å². The SMILES string of the molecule is CCOCCOc1nc(N)nc2ccc(-c3ccc(F)cc3)nc12. The van der Waals surface area contributed by atoms with Crippen molar-refractivity contribution < 1.29 is 13.9 Å². The third kappa shape index (κ3) is 3.57. The zero-order valence-electron chi connectivity index (χ0n) is 13.2. The first kappa shape index (κ1) is 16.1. The molecule has 124 valence electrons. The highest BCUT2D eigenvalue weighted by molar-refractivity contribution is 5.83. The number of benzene rings is 1. The highest BCUT2D eigenvalue weighted by Crippen LogP contribution is 2.26. The topological polar surface area (TPSA) is 83.2 Å². The van der Waals surface area contributed by atoms with Crippen LogP contribution in [0.3, 0.4) is 0 Å². The molecule has 7 heteroatoms. The molecule has 0 unspecified atom stereocenters. The number of rotatable bonds is 6. The lowest BCUT2D eigenvalue weighted by Crippen LogP contribution is -2.09. The highest BCUT2D eigenvalue weighted by Gasteiger charge is 2.11. The van der Waals surface area contributed by atoms with E-state index in [4.69, 9.17) is 15.2 Å². The van der Waals surface area contributed by atoms with Gasteiger partial charge in [0.25, 0.3) is 0 Å². The molecular weight excluding hydrogens is 311 g/mol. The fourth-order valence-corrected chi connectivity index (χ4v) is 2.23. The maximum absolute atomic E-state index is 13.1. The van der Waals surface area contributed by atoms with Crippen molar-refractivity contribution >= 4 is 17.0 Å². The van der Waals surface area contributed by atoms with Crippen LogP contribution >= 0.6 is 0 Å². The van der Waals surface area contributed by atoms with Crippen LogP contribution in [-0.2, 0) is 4.74 Å². The van der Waals surface area contributed by atoms with Crippen molar-refractivity contribution in [2.45, 2.75) is 6.92 Å². The zero-order chi connectivity index (χ0) is 16.9. The van der Waals surface area contributed by atoms with Gasteiger partial charge in [0.15, 0.2) is 5.52 Å². The van der Waals surface area contributed by atoms with E-state index in [1.165, 1.54) is 12.1 Å². The van der Waals surface area contributed by atoms with E-state index >= 15 is 0 Å². The van der Waals surface area contributed by atoms with Crippen LogP contribution in [0.2, 0.25) is 0 Å². The molecule has 0 amide bonds. The molecule has 2 aromatic heterocycles. The zero-order valence-corrected chi connectivity index (χ0v) is 13.2. The second-order valence-electron chi connectivity index (χ2n) is 5.00. The summed E-state index contributed by atoms with van der Waals surface area (Å²) in [6.07, 6.45) is 0. The maximum Gasteiger partial charge on any atom is 0.245 e. The molecule has 3 rings (SSSR count). The van der Waals surface area contributed by atoms with Gasteiger partial charge in [-0.3, -0.25) is 0 Å². The fraction of sp³-hybridized carbons (Fsp3) is 0.235. The van der Waals surface area contributed by atoms with E-state index < -0.39 is 0 Å². The maximum atomic E-state index is 13.1. The van der Waals surface area contributed by atoms with E-state index in [1.54, 1.807) is 24.3 Å². The third-order valence-corrected chi connectivity index (χ3v) is 3.34. The summed E-state index contributed by atoms with van der Waals surface area (Å²) in [6, 6.07) is 9.69. The molecule has 0 bridgehead atoms. The van der Waals surface area contributed by atoms with Gasteiger partial charge in [-0.2, -0.15) is 4.98 Å². The van der Waals surface area contributed by atoms with E-state index in [0.29, 0.717) is 42.4 Å². The summed E-state index contributed by atoms with van der Waals surface area (Å²) in [7, 11) is 0. The Morgan fingerprint density at radius 2 is 1.79 bits per heavy atom. The summed E-state index contributed by atoms with van der Waals surface area (Å²) in [6.45, 7) is 3.30. The Balaban J connectivity index is 1.97. The number of hydrogen-bond donors (Lipinski definition) is 1. The number of aromatic nitrogens is 3. The molecule has 0 aliphatic carbocycles. The predicted molar refractivity (Wildman–Crippen MR) is 89.1 cm³/mol. The van der Waals surface area contributed by atoms with Gasteiger partial charge in [0, 0.05) is 12.2 Å². The van der Waals surface area contributed by atoms with Gasteiger partial charge in [0.05, 0.1) is 17.8 Å². The standard InChI is InChI=1S/C17H17FN4O2/c1-2-23-9-10-24-16-15-14(21-17(19)22-16)8-7-13(20-15)11-3-5-12(18)6-4-11/h3-8H,2,9-10H2,1H3,(H2,19,21,22). The highest BCUT2D eigenvalue weighted by atomic mass is 19.1. The van der Waals surface area contributed by atoms with Gasteiger partial charge < -0.3 is 15.2 Å². The molecule has 24 heavy (non-hydrogen) atoms. The van der Waals surface area contributed by atoms with Crippen LogP contribution in [0.15, 0.2) is 36.4 Å². The van der Waals surface area contributed by atoms with Gasteiger partial charge in [-0.1, -0.05) is 0 Å². The average Bonchev–Trinajstić information content (AvgIpc) is 2.59. The quantitative estimate of drug-likeness (QED) is 0.701. The number of nitrogen functional groups attached to an aromatic ring is 1. The molecule has 2 N–H and O–H groups in total. The molecule has 0 saturated heterocycles. The summed E-state index contributed by atoms with van der Waals surface area (Å²) < 4.78 is 24.0. The summed E-state index contributed by atoms with van der Waals surface area (Å²) >= 11 is 0. The number of nitrogens with two attached hydrogens (primary N) is 1. The number of nitrogens with zero attached hydrogens (tertiary/aromatic N) is 3. The average molecular weight is 328 g/mol. The molecule has 0 spiro atoms. The third-order valence-electron chi connectivity index (χ3n) is 3.34. The monoisotopic (exact) mass is 328 g/mol. The van der Waals surface area contributed by atoms with Gasteiger partial charge >= 0.3 is 0 Å². The molecule has 1 aromatic carbocycles. The summed E-state index contributed by atoms with van der Waals surface area (Å²) in [5.41, 5.74) is 8.26. The summed E-state index contributed by atoms with van der Waals surface area (Å²) in [5, 5.41) is 0. The van der Waals surface area contributed by atoms with Gasteiger partial charge in [-0.05, 0) is 43.3 Å². The van der Waals surface area contributed by atoms with Gasteiger partial charge in [-0.15, -0.1) is 0 Å². The summed E-state index contributed by atoms with van der Waals surface area (Å²) in [4.78, 5) is 12.8. The first-order valence-corrected chi connectivity index (χ1v) is 7.58. The van der Waals surface area contributed by atoms with Crippen LogP contribution in [0.1, 0.15) is 6.92 Å². The number of hydrogen-bond acceptors (Lipinski definition) is 6. The lowest BCUT2D eigenvalue weighted by atomic mass is 10.1. The van der Waals surface area contributed by atoms with Crippen LogP contribution < -0.4 is 10.5 Å². The van der Waals surface area contributed by atoms with Crippen molar-refractivity contribution in [3.63, 3.8) is 0 Å². The molecule has 0 atom stereocenters. The molecule has 0 radical (unpaired) electrons. The molecule has 6 nitrogen and oxygen atoms in total. The van der Waals surface area contributed by atoms with Crippen LogP contribution in [0.5, 0.6) is 5.88 Å². The lowest BCUT2D eigenvalue weighted by molar-refractivity contribution is 0.109. The van der Waals surface area contributed by atoms with Crippen LogP contribution in [0.4, 0.5) is 10.3 Å². The Bertz CT molecular complexity index is 840. The van der Waals surface area contributed by atoms with E-state index in [-0.39, 0.29) is 11.8 Å². The lowest BCUT2D eigenvalue weighted by Gasteiger charge is -2.09. The van der Waals surface area contributed by atoms with Crippen molar-refractivity contribution in [2.75, 3.05) is 25.6 Å². The van der Waals surface area contributed by atoms with Crippen LogP contribution in [-0.4, -0.2) is 34.8 Å². The minimum atomic E-state index is -0.296. The van der Waals surface area contributed by atoms with Crippen molar-refractivity contribution in [1.29, 1.82) is 0 Å². The summed E-state index contributed by atoms with van der Waals surface area (Å²) in [5.74, 6) is 0.127. The Kier molecular flexibility index (Phi) is 4.81. The number of anilines is 1. The fourth-order valence-electron chi connectivity index (χ4n) is 2.23. The Labute approximate surface area is 138 Å². The van der Waals surface area contributed by atoms with E-state index in [1.807, 2.05) is 6.92 Å². The van der Waals surface area contributed by atoms with E-state index in [0.717, 1.165) is 5.56 Å². The normalized spacial score (nSPS) is 10.9. The van der Waals surface area contributed by atoms with E-state index in [2.05, 4.69) is 15.0 Å². The molecular formula is C17H17FN4O2. The minimum absolute atomic E-state index is 0.116. The molecule has 2 heterocycles. The first-order valence-electron chi connectivity index (χ1n) is 7.58. The smallest absolute Gasteiger partial charge is 0.245 e. The van der Waals surface area contributed by atoms with Crippen molar-refractivity contribution in [3.8, 4) is 17.1 Å². The molecule has 3 aromatic rings. The second-order valence-corrected chi connectivity index (χ2v) is 5.00. The number of pyridine rings is 1. The van der Waals surface area contributed by atoms with Crippen LogP contribution in [0, 0.1) is 5.82 Å². The van der Waals surface area contributed by atoms with E-state index in [9.17, 15) is 4.39 Å². The van der Waals surface area contributed by atoms with Crippen molar-refractivity contribution in [2.24, 2.45) is 0 Å². The molecule has 0 aliphatic rings. The van der Waals surface area contributed by atoms with Crippen LogP contribution in [0.25, 0.3) is 22.3 Å². The van der Waals surface area contributed by atoms with Gasteiger partial charge in [0.1, 0.15) is 12.4 Å². The number of ether oxygens (including phenoxy) is 2. The Morgan fingerprint density at radius 1 is 1.00 bits per heavy atom. The Morgan fingerprint density at radius 3 is 2.54 bits per heavy atom. The molecule has 0 saturated carbocycles. The molecule has 0 aliphatic heterocycles. The number of halogens is 1. The predicted octanol–water partition coefficient (Wildman–Crippen LogP) is 2.83.